The minimum atomic E-state index is -0.846. The third-order valence-corrected chi connectivity index (χ3v) is 3.32. The molecule has 2 aromatic rings. The van der Waals surface area contributed by atoms with Crippen LogP contribution in [0.5, 0.6) is 0 Å². The van der Waals surface area contributed by atoms with Crippen LogP contribution in [0.2, 0.25) is 0 Å². The van der Waals surface area contributed by atoms with Crippen LogP contribution >= 0.6 is 0 Å². The minimum absolute atomic E-state index is 0.378. The first-order valence-corrected chi connectivity index (χ1v) is 5.56. The van der Waals surface area contributed by atoms with E-state index in [1.807, 2.05) is 42.5 Å². The van der Waals surface area contributed by atoms with Crippen LogP contribution in [0.25, 0.3) is 10.8 Å². The van der Waals surface area contributed by atoms with Crippen molar-refractivity contribution in [2.24, 2.45) is 5.73 Å². The summed E-state index contributed by atoms with van der Waals surface area (Å²) in [6, 6.07) is 13.9. The summed E-state index contributed by atoms with van der Waals surface area (Å²) in [4.78, 5) is 11.7. The number of primary amides is 1. The molecule has 0 spiro atoms. The monoisotopic (exact) mass is 228 g/mol. The van der Waals surface area contributed by atoms with E-state index in [4.69, 9.17) is 5.73 Å². The number of nitrogens with one attached hydrogen (secondary N) is 1. The van der Waals surface area contributed by atoms with Gasteiger partial charge >= 0.3 is 0 Å². The summed E-state index contributed by atoms with van der Waals surface area (Å²) < 4.78 is 0. The standard InChI is InChI=1S/C14H16N2O/c1-14(16-2,13(15)17)12-9-5-7-10-6-3-4-8-11(10)12/h3-9,16H,1-2H3,(H2,15,17). The first-order chi connectivity index (χ1) is 8.09. The fourth-order valence-electron chi connectivity index (χ4n) is 2.05. The third kappa shape index (κ3) is 1.78. The lowest BCUT2D eigenvalue weighted by molar-refractivity contribution is -0.123. The molecule has 88 valence electrons. The highest BCUT2D eigenvalue weighted by atomic mass is 16.1. The number of nitrogens with two attached hydrogens (primary N) is 1. The molecule has 0 heterocycles. The zero-order valence-corrected chi connectivity index (χ0v) is 10.0. The summed E-state index contributed by atoms with van der Waals surface area (Å²) in [6.45, 7) is 1.80. The Kier molecular flexibility index (Phi) is 2.86. The van der Waals surface area contributed by atoms with Crippen molar-refractivity contribution in [3.05, 3.63) is 48.0 Å². The predicted molar refractivity (Wildman–Crippen MR) is 69.6 cm³/mol. The van der Waals surface area contributed by atoms with Gasteiger partial charge in [-0.2, -0.15) is 0 Å². The summed E-state index contributed by atoms with van der Waals surface area (Å²) in [5.74, 6) is -0.378. The molecule has 2 rings (SSSR count). The smallest absolute Gasteiger partial charge is 0.242 e. The molecule has 2 aromatic carbocycles. The van der Waals surface area contributed by atoms with Crippen molar-refractivity contribution in [3.63, 3.8) is 0 Å². The van der Waals surface area contributed by atoms with Crippen molar-refractivity contribution < 1.29 is 4.79 Å². The van der Waals surface area contributed by atoms with Gasteiger partial charge in [0.05, 0.1) is 0 Å². The number of carbonyl (C=O) groups is 1. The van der Waals surface area contributed by atoms with Gasteiger partial charge in [-0.05, 0) is 30.3 Å². The summed E-state index contributed by atoms with van der Waals surface area (Å²) in [6.07, 6.45) is 0. The highest BCUT2D eigenvalue weighted by Crippen LogP contribution is 2.28. The second kappa shape index (κ2) is 4.18. The maximum atomic E-state index is 11.7. The van der Waals surface area contributed by atoms with E-state index in [9.17, 15) is 4.79 Å². The molecule has 3 nitrogen and oxygen atoms in total. The highest BCUT2D eigenvalue weighted by molar-refractivity contribution is 5.94. The largest absolute Gasteiger partial charge is 0.368 e. The lowest BCUT2D eigenvalue weighted by Crippen LogP contribution is -2.48. The Hall–Kier alpha value is -1.87. The van der Waals surface area contributed by atoms with Gasteiger partial charge in [0, 0.05) is 0 Å². The van der Waals surface area contributed by atoms with Crippen LogP contribution in [0.4, 0.5) is 0 Å². The molecule has 1 atom stereocenters. The Morgan fingerprint density at radius 1 is 1.18 bits per heavy atom. The van der Waals surface area contributed by atoms with Crippen molar-refractivity contribution in [1.82, 2.24) is 5.32 Å². The predicted octanol–water partition coefficient (Wildman–Crippen LogP) is 1.76. The Morgan fingerprint density at radius 2 is 1.82 bits per heavy atom. The van der Waals surface area contributed by atoms with Crippen LogP contribution in [0.3, 0.4) is 0 Å². The van der Waals surface area contributed by atoms with E-state index in [0.717, 1.165) is 16.3 Å². The van der Waals surface area contributed by atoms with Gasteiger partial charge < -0.3 is 11.1 Å². The molecule has 0 aliphatic carbocycles. The van der Waals surface area contributed by atoms with Gasteiger partial charge in [-0.25, -0.2) is 0 Å². The van der Waals surface area contributed by atoms with E-state index in [1.165, 1.54) is 0 Å². The molecular formula is C14H16N2O. The second-order valence-corrected chi connectivity index (χ2v) is 4.27. The Labute approximate surface area is 101 Å². The van der Waals surface area contributed by atoms with Gasteiger partial charge in [-0.1, -0.05) is 42.5 Å². The zero-order valence-electron chi connectivity index (χ0n) is 10.0. The second-order valence-electron chi connectivity index (χ2n) is 4.27. The molecule has 0 aromatic heterocycles. The fraction of sp³-hybridized carbons (Fsp3) is 0.214. The van der Waals surface area contributed by atoms with Crippen molar-refractivity contribution in [1.29, 1.82) is 0 Å². The molecule has 1 amide bonds. The van der Waals surface area contributed by atoms with Crippen LogP contribution in [-0.4, -0.2) is 13.0 Å². The molecule has 0 aliphatic rings. The number of rotatable bonds is 3. The molecule has 0 saturated heterocycles. The lowest BCUT2D eigenvalue weighted by Gasteiger charge is -2.27. The average molecular weight is 228 g/mol. The number of likely N-dealkylation sites (N-methyl/N-ethyl adjacent to an activating group) is 1. The Morgan fingerprint density at radius 3 is 2.47 bits per heavy atom. The average Bonchev–Trinajstić information content (AvgIpc) is 2.37. The molecule has 3 heteroatoms. The van der Waals surface area contributed by atoms with Gasteiger partial charge in [0.15, 0.2) is 0 Å². The summed E-state index contributed by atoms with van der Waals surface area (Å²) in [5, 5.41) is 5.16. The van der Waals surface area contributed by atoms with Crippen molar-refractivity contribution >= 4 is 16.7 Å². The fourth-order valence-corrected chi connectivity index (χ4v) is 2.05. The van der Waals surface area contributed by atoms with Crippen molar-refractivity contribution in [3.8, 4) is 0 Å². The number of fused-ring (bicyclic) bond motifs is 1. The Bertz CT molecular complexity index is 560. The lowest BCUT2D eigenvalue weighted by atomic mass is 9.87. The van der Waals surface area contributed by atoms with Crippen LogP contribution < -0.4 is 11.1 Å². The highest BCUT2D eigenvalue weighted by Gasteiger charge is 2.32. The molecular weight excluding hydrogens is 212 g/mol. The van der Waals surface area contributed by atoms with Gasteiger partial charge in [0.2, 0.25) is 5.91 Å². The van der Waals surface area contributed by atoms with E-state index >= 15 is 0 Å². The number of amides is 1. The molecule has 17 heavy (non-hydrogen) atoms. The van der Waals surface area contributed by atoms with Gasteiger partial charge in [-0.3, -0.25) is 4.79 Å². The van der Waals surface area contributed by atoms with Crippen molar-refractivity contribution in [2.45, 2.75) is 12.5 Å². The number of benzene rings is 2. The van der Waals surface area contributed by atoms with Crippen LogP contribution in [-0.2, 0) is 10.3 Å². The van der Waals surface area contributed by atoms with Crippen LogP contribution in [0.15, 0.2) is 42.5 Å². The van der Waals surface area contributed by atoms with E-state index in [0.29, 0.717) is 0 Å². The van der Waals surface area contributed by atoms with Gasteiger partial charge in [-0.15, -0.1) is 0 Å². The zero-order chi connectivity index (χ0) is 12.5. The summed E-state index contributed by atoms with van der Waals surface area (Å²) in [5.41, 5.74) is 5.56. The molecule has 1 unspecified atom stereocenters. The maximum absolute atomic E-state index is 11.7. The summed E-state index contributed by atoms with van der Waals surface area (Å²) in [7, 11) is 1.74. The normalized spacial score (nSPS) is 14.5. The van der Waals surface area contributed by atoms with Crippen LogP contribution in [0.1, 0.15) is 12.5 Å². The maximum Gasteiger partial charge on any atom is 0.242 e. The number of hydrogen-bond donors (Lipinski definition) is 2. The van der Waals surface area contributed by atoms with Crippen molar-refractivity contribution in [2.75, 3.05) is 7.05 Å². The molecule has 0 fully saturated rings. The van der Waals surface area contributed by atoms with E-state index in [2.05, 4.69) is 5.32 Å². The summed E-state index contributed by atoms with van der Waals surface area (Å²) >= 11 is 0. The number of carbonyl (C=O) groups excluding carboxylic acids is 1. The van der Waals surface area contributed by atoms with Crippen LogP contribution in [0, 0.1) is 0 Å². The SMILES string of the molecule is CNC(C)(C(N)=O)c1cccc2ccccc12. The van der Waals surface area contributed by atoms with Gasteiger partial charge in [0.1, 0.15) is 5.54 Å². The van der Waals surface area contributed by atoms with Gasteiger partial charge in [0.25, 0.3) is 0 Å². The third-order valence-electron chi connectivity index (χ3n) is 3.32. The van der Waals surface area contributed by atoms with E-state index < -0.39 is 5.54 Å². The first-order valence-electron chi connectivity index (χ1n) is 5.56. The van der Waals surface area contributed by atoms with E-state index in [-0.39, 0.29) is 5.91 Å². The number of hydrogen-bond acceptors (Lipinski definition) is 2. The molecule has 0 bridgehead atoms. The topological polar surface area (TPSA) is 55.1 Å². The molecule has 0 radical (unpaired) electrons. The molecule has 3 N–H and O–H groups in total. The minimum Gasteiger partial charge on any atom is -0.368 e. The first kappa shape index (κ1) is 11.6. The molecule has 0 saturated carbocycles. The van der Waals surface area contributed by atoms with E-state index in [1.54, 1.807) is 14.0 Å². The Balaban J connectivity index is 2.74. The molecule has 0 aliphatic heterocycles. The quantitative estimate of drug-likeness (QED) is 0.841.